The summed E-state index contributed by atoms with van der Waals surface area (Å²) in [6, 6.07) is 3.14. The topological polar surface area (TPSA) is 39.1 Å². The fourth-order valence-corrected chi connectivity index (χ4v) is 0.735. The summed E-state index contributed by atoms with van der Waals surface area (Å²) in [5.74, 6) is 0. The third-order valence-electron chi connectivity index (χ3n) is 0.706. The van der Waals surface area contributed by atoms with Gasteiger partial charge in [0.15, 0.2) is 0 Å². The van der Waals surface area contributed by atoms with Crippen LogP contribution in [0.1, 0.15) is 0 Å². The molecule has 0 saturated carbocycles. The van der Waals surface area contributed by atoms with Crippen molar-refractivity contribution >= 4 is 10.9 Å². The van der Waals surface area contributed by atoms with Crippen LogP contribution in [0.5, 0.6) is 0 Å². The van der Waals surface area contributed by atoms with Crippen molar-refractivity contribution in [3.05, 3.63) is 24.5 Å². The smallest absolute Gasteiger partial charge is 0.228 e. The minimum atomic E-state index is -2.50. The lowest BCUT2D eigenvalue weighted by atomic mass is 10.7. The standard InChI is InChI=1S/C4H4NO2S/c6-8(7)5-3-1-2-4-5/h1-3,8H. The number of hydrogen-bond acceptors (Lipinski definition) is 2. The monoisotopic (exact) mass is 130 g/mol. The molecule has 1 rings (SSSR count). The highest BCUT2D eigenvalue weighted by Crippen LogP contribution is 1.84. The molecule has 0 aliphatic heterocycles. The van der Waals surface area contributed by atoms with Crippen LogP contribution >= 0.6 is 0 Å². The second-order valence-corrected chi connectivity index (χ2v) is 2.13. The Kier molecular flexibility index (Phi) is 1.34. The van der Waals surface area contributed by atoms with Crippen molar-refractivity contribution in [2.24, 2.45) is 0 Å². The average Bonchev–Trinajstić information content (AvgIpc) is 2.12. The van der Waals surface area contributed by atoms with Crippen LogP contribution in [0.25, 0.3) is 0 Å². The fourth-order valence-electron chi connectivity index (χ4n) is 0.389. The zero-order valence-corrected chi connectivity index (χ0v) is 4.84. The normalized spacial score (nSPS) is 10.1. The summed E-state index contributed by atoms with van der Waals surface area (Å²) < 4.78 is 21.1. The molecular weight excluding hydrogens is 126 g/mol. The summed E-state index contributed by atoms with van der Waals surface area (Å²) in [5.41, 5.74) is 0. The van der Waals surface area contributed by atoms with Crippen LogP contribution in [0.2, 0.25) is 0 Å². The van der Waals surface area contributed by atoms with Crippen LogP contribution in [0.3, 0.4) is 0 Å². The molecule has 0 aliphatic rings. The average molecular weight is 130 g/mol. The van der Waals surface area contributed by atoms with Gasteiger partial charge in [-0.15, -0.1) is 0 Å². The van der Waals surface area contributed by atoms with Crippen LogP contribution in [0.15, 0.2) is 18.3 Å². The van der Waals surface area contributed by atoms with Crippen LogP contribution < -0.4 is 0 Å². The molecule has 1 aromatic heterocycles. The van der Waals surface area contributed by atoms with Gasteiger partial charge in [0, 0.05) is 6.20 Å². The number of nitrogens with zero attached hydrogens (tertiary/aromatic N) is 1. The van der Waals surface area contributed by atoms with Gasteiger partial charge in [0.1, 0.15) is 0 Å². The first-order valence-corrected chi connectivity index (χ1v) is 3.13. The van der Waals surface area contributed by atoms with E-state index >= 15 is 0 Å². The molecule has 1 heterocycles. The first-order valence-electron chi connectivity index (χ1n) is 2.00. The molecule has 0 unspecified atom stereocenters. The number of aromatic nitrogens is 1. The van der Waals surface area contributed by atoms with Gasteiger partial charge in [0.25, 0.3) is 0 Å². The van der Waals surface area contributed by atoms with Crippen LogP contribution in [-0.4, -0.2) is 12.4 Å². The van der Waals surface area contributed by atoms with Crippen molar-refractivity contribution in [2.75, 3.05) is 0 Å². The lowest BCUT2D eigenvalue weighted by Crippen LogP contribution is -1.88. The second kappa shape index (κ2) is 2.00. The first-order chi connectivity index (χ1) is 3.80. The number of hydrogen-bond donors (Lipinski definition) is 1. The molecule has 0 N–H and O–H groups in total. The van der Waals surface area contributed by atoms with Gasteiger partial charge in [-0.25, -0.2) is 12.4 Å². The van der Waals surface area contributed by atoms with E-state index in [1.165, 1.54) is 12.3 Å². The van der Waals surface area contributed by atoms with Crippen molar-refractivity contribution in [1.82, 2.24) is 3.97 Å². The Hall–Kier alpha value is -0.770. The van der Waals surface area contributed by atoms with E-state index in [0.717, 1.165) is 3.97 Å². The van der Waals surface area contributed by atoms with Crippen molar-refractivity contribution < 1.29 is 8.42 Å². The molecule has 0 amide bonds. The molecule has 0 aliphatic carbocycles. The zero-order valence-electron chi connectivity index (χ0n) is 3.94. The van der Waals surface area contributed by atoms with E-state index in [0.29, 0.717) is 0 Å². The highest BCUT2D eigenvalue weighted by Gasteiger charge is 1.83. The van der Waals surface area contributed by atoms with Gasteiger partial charge in [-0.05, 0) is 12.1 Å². The molecule has 4 heteroatoms. The lowest BCUT2D eigenvalue weighted by molar-refractivity contribution is 0.607. The second-order valence-electron chi connectivity index (χ2n) is 1.22. The Balaban J connectivity index is 3.11. The van der Waals surface area contributed by atoms with E-state index in [2.05, 4.69) is 6.20 Å². The third-order valence-corrected chi connectivity index (χ3v) is 1.31. The first kappa shape index (κ1) is 5.37. The molecule has 0 saturated heterocycles. The maximum atomic E-state index is 10.0. The Bertz CT molecular complexity index is 216. The van der Waals surface area contributed by atoms with E-state index in [1.54, 1.807) is 6.07 Å². The van der Waals surface area contributed by atoms with Gasteiger partial charge in [-0.3, -0.25) is 0 Å². The molecule has 43 valence electrons. The van der Waals surface area contributed by atoms with Gasteiger partial charge in [-0.1, -0.05) is 0 Å². The maximum absolute atomic E-state index is 10.0. The Labute approximate surface area is 48.6 Å². The molecule has 3 nitrogen and oxygen atoms in total. The highest BCUT2D eigenvalue weighted by molar-refractivity contribution is 7.70. The highest BCUT2D eigenvalue weighted by atomic mass is 32.2. The predicted molar refractivity (Wildman–Crippen MR) is 29.0 cm³/mol. The molecule has 8 heavy (non-hydrogen) atoms. The quantitative estimate of drug-likeness (QED) is 0.528. The lowest BCUT2D eigenvalue weighted by Gasteiger charge is -1.80. The molecule has 1 aromatic rings. The third kappa shape index (κ3) is 0.894. The maximum Gasteiger partial charge on any atom is 0.228 e. The fraction of sp³-hybridized carbons (Fsp3) is 0. The predicted octanol–water partition coefficient (Wildman–Crippen LogP) is -0.337. The van der Waals surface area contributed by atoms with Gasteiger partial charge in [-0.2, -0.15) is 0 Å². The number of thiol groups is 1. The van der Waals surface area contributed by atoms with Crippen molar-refractivity contribution in [3.63, 3.8) is 0 Å². The van der Waals surface area contributed by atoms with Gasteiger partial charge >= 0.3 is 0 Å². The minimum absolute atomic E-state index is 0.995. The van der Waals surface area contributed by atoms with Crippen molar-refractivity contribution in [3.8, 4) is 0 Å². The van der Waals surface area contributed by atoms with E-state index in [1.807, 2.05) is 0 Å². The summed E-state index contributed by atoms with van der Waals surface area (Å²) in [4.78, 5) is 0. The van der Waals surface area contributed by atoms with E-state index in [-0.39, 0.29) is 0 Å². The molecular formula is C4H4NO2S. The van der Waals surface area contributed by atoms with E-state index in [9.17, 15) is 8.42 Å². The Morgan fingerprint density at radius 1 is 1.50 bits per heavy atom. The van der Waals surface area contributed by atoms with Gasteiger partial charge in [0.2, 0.25) is 10.9 Å². The Morgan fingerprint density at radius 3 is 2.50 bits per heavy atom. The summed E-state index contributed by atoms with van der Waals surface area (Å²) >= 11 is 0. The molecule has 0 fully saturated rings. The summed E-state index contributed by atoms with van der Waals surface area (Å²) in [6.07, 6.45) is 3.88. The Morgan fingerprint density at radius 2 is 2.25 bits per heavy atom. The van der Waals surface area contributed by atoms with Crippen LogP contribution in [-0.2, 0) is 10.9 Å². The molecule has 0 aromatic carbocycles. The van der Waals surface area contributed by atoms with Gasteiger partial charge < -0.3 is 0 Å². The van der Waals surface area contributed by atoms with E-state index < -0.39 is 10.9 Å². The van der Waals surface area contributed by atoms with Crippen molar-refractivity contribution in [2.45, 2.75) is 0 Å². The van der Waals surface area contributed by atoms with Crippen LogP contribution in [0, 0.1) is 6.20 Å². The summed E-state index contributed by atoms with van der Waals surface area (Å²) in [7, 11) is -2.50. The van der Waals surface area contributed by atoms with Gasteiger partial charge in [0.05, 0.1) is 6.20 Å². The summed E-state index contributed by atoms with van der Waals surface area (Å²) in [5, 5.41) is 0. The van der Waals surface area contributed by atoms with Crippen molar-refractivity contribution in [1.29, 1.82) is 0 Å². The summed E-state index contributed by atoms with van der Waals surface area (Å²) in [6.45, 7) is 0. The molecule has 1 radical (unpaired) electrons. The molecule has 0 bridgehead atoms. The SMILES string of the molecule is O=[SH](=O)n1[c]ccc1. The molecule has 0 spiro atoms. The molecule has 0 atom stereocenters. The zero-order chi connectivity index (χ0) is 5.98. The minimum Gasteiger partial charge on any atom is -0.246 e. The van der Waals surface area contributed by atoms with E-state index in [4.69, 9.17) is 0 Å². The largest absolute Gasteiger partial charge is 0.246 e. The van der Waals surface area contributed by atoms with Crippen LogP contribution in [0.4, 0.5) is 0 Å². The number of rotatable bonds is 1.